The Balaban J connectivity index is 1.49. The lowest BCUT2D eigenvalue weighted by Gasteiger charge is -2.18. The lowest BCUT2D eigenvalue weighted by Crippen LogP contribution is -2.45. The van der Waals surface area contributed by atoms with Gasteiger partial charge >= 0.3 is 12.1 Å². The number of carboxylic acids is 1. The fourth-order valence-corrected chi connectivity index (χ4v) is 3.69. The summed E-state index contributed by atoms with van der Waals surface area (Å²) < 4.78 is 5.40. The number of carbonyl (C=O) groups is 3. The van der Waals surface area contributed by atoms with Crippen molar-refractivity contribution in [2.75, 3.05) is 13.2 Å². The summed E-state index contributed by atoms with van der Waals surface area (Å²) in [7, 11) is 0. The molecular weight excluding hydrogens is 384 g/mol. The molecule has 3 N–H and O–H groups in total. The molecule has 0 heterocycles. The predicted molar refractivity (Wildman–Crippen MR) is 112 cm³/mol. The van der Waals surface area contributed by atoms with Crippen LogP contribution in [-0.2, 0) is 14.3 Å². The molecule has 0 aromatic heterocycles. The van der Waals surface area contributed by atoms with E-state index in [4.69, 9.17) is 9.84 Å². The molecule has 2 amide bonds. The standard InChI is InChI=1S/C23H26N2O5/c1-14(2)21(22(27)28)25-20(26)11-12-24-23(29)30-13-19-17-9-5-3-7-15(17)16-8-4-6-10-18(16)19/h3-10,14,19,21H,11-13H2,1-2H3,(H,24,29)(H,25,26)(H,27,28)/t21-/m1/s1. The molecule has 2 aromatic carbocycles. The molecule has 0 aliphatic heterocycles. The number of nitrogens with one attached hydrogen (secondary N) is 2. The maximum atomic E-state index is 12.1. The number of aliphatic carboxylic acids is 1. The van der Waals surface area contributed by atoms with Crippen molar-refractivity contribution in [1.29, 1.82) is 0 Å². The third-order valence-electron chi connectivity index (χ3n) is 5.21. The topological polar surface area (TPSA) is 105 Å². The molecule has 158 valence electrons. The normalized spacial score (nSPS) is 13.3. The van der Waals surface area contributed by atoms with Crippen LogP contribution in [0.15, 0.2) is 48.5 Å². The Bertz CT molecular complexity index is 895. The summed E-state index contributed by atoms with van der Waals surface area (Å²) in [6.45, 7) is 3.69. The van der Waals surface area contributed by atoms with Gasteiger partial charge in [-0.15, -0.1) is 0 Å². The van der Waals surface area contributed by atoms with Crippen LogP contribution in [0.3, 0.4) is 0 Å². The molecule has 0 spiro atoms. The predicted octanol–water partition coefficient (Wildman–Crippen LogP) is 3.14. The Kier molecular flexibility index (Phi) is 6.72. The number of rotatable bonds is 8. The van der Waals surface area contributed by atoms with E-state index in [9.17, 15) is 14.4 Å². The SMILES string of the molecule is CC(C)[C@@H](NC(=O)CCNC(=O)OCC1c2ccccc2-c2ccccc21)C(=O)O. The highest BCUT2D eigenvalue weighted by Gasteiger charge is 2.29. The van der Waals surface area contributed by atoms with Crippen molar-refractivity contribution in [3.8, 4) is 11.1 Å². The van der Waals surface area contributed by atoms with Crippen LogP contribution in [0.1, 0.15) is 37.3 Å². The van der Waals surface area contributed by atoms with Crippen molar-refractivity contribution in [2.45, 2.75) is 32.2 Å². The van der Waals surface area contributed by atoms with Gasteiger partial charge in [-0.05, 0) is 28.2 Å². The van der Waals surface area contributed by atoms with Crippen LogP contribution < -0.4 is 10.6 Å². The minimum atomic E-state index is -1.08. The second kappa shape index (κ2) is 9.43. The molecule has 2 aromatic rings. The van der Waals surface area contributed by atoms with Gasteiger partial charge in [-0.25, -0.2) is 9.59 Å². The van der Waals surface area contributed by atoms with Crippen LogP contribution >= 0.6 is 0 Å². The lowest BCUT2D eigenvalue weighted by molar-refractivity contribution is -0.143. The molecular formula is C23H26N2O5. The second-order valence-electron chi connectivity index (χ2n) is 7.63. The Hall–Kier alpha value is -3.35. The van der Waals surface area contributed by atoms with Crippen LogP contribution in [0.25, 0.3) is 11.1 Å². The molecule has 7 nitrogen and oxygen atoms in total. The highest BCUT2D eigenvalue weighted by Crippen LogP contribution is 2.44. The number of hydrogen-bond donors (Lipinski definition) is 3. The largest absolute Gasteiger partial charge is 0.480 e. The lowest BCUT2D eigenvalue weighted by atomic mass is 9.98. The van der Waals surface area contributed by atoms with Gasteiger partial charge in [-0.1, -0.05) is 62.4 Å². The number of benzene rings is 2. The molecule has 1 aliphatic carbocycles. The first-order valence-corrected chi connectivity index (χ1v) is 9.99. The van der Waals surface area contributed by atoms with Crippen LogP contribution in [-0.4, -0.2) is 42.3 Å². The summed E-state index contributed by atoms with van der Waals surface area (Å²) in [4.78, 5) is 35.1. The average molecular weight is 410 g/mol. The molecule has 0 unspecified atom stereocenters. The van der Waals surface area contributed by atoms with Crippen molar-refractivity contribution < 1.29 is 24.2 Å². The Morgan fingerprint density at radius 3 is 2.10 bits per heavy atom. The quantitative estimate of drug-likeness (QED) is 0.620. The van der Waals surface area contributed by atoms with Crippen molar-refractivity contribution in [3.63, 3.8) is 0 Å². The maximum absolute atomic E-state index is 12.1. The van der Waals surface area contributed by atoms with Gasteiger partial charge in [0.05, 0.1) is 0 Å². The van der Waals surface area contributed by atoms with Crippen LogP contribution in [0, 0.1) is 5.92 Å². The first kappa shape index (κ1) is 21.4. The van der Waals surface area contributed by atoms with Gasteiger partial charge in [0.15, 0.2) is 0 Å². The number of alkyl carbamates (subject to hydrolysis) is 1. The molecule has 7 heteroatoms. The first-order chi connectivity index (χ1) is 14.4. The van der Waals surface area contributed by atoms with E-state index in [1.807, 2.05) is 36.4 Å². The molecule has 0 saturated carbocycles. The van der Waals surface area contributed by atoms with Crippen molar-refractivity contribution >= 4 is 18.0 Å². The van der Waals surface area contributed by atoms with E-state index < -0.39 is 24.0 Å². The minimum absolute atomic E-state index is 0.0271. The molecule has 30 heavy (non-hydrogen) atoms. The van der Waals surface area contributed by atoms with E-state index in [1.165, 1.54) is 0 Å². The molecule has 3 rings (SSSR count). The number of carboxylic acid groups (broad SMARTS) is 1. The number of carbonyl (C=O) groups excluding carboxylic acids is 2. The summed E-state index contributed by atoms with van der Waals surface area (Å²) in [6, 6.07) is 15.2. The molecule has 1 aliphatic rings. The summed E-state index contributed by atoms with van der Waals surface area (Å²) in [5, 5.41) is 14.1. The van der Waals surface area contributed by atoms with Gasteiger partial charge in [0.2, 0.25) is 5.91 Å². The van der Waals surface area contributed by atoms with Gasteiger partial charge in [0.1, 0.15) is 12.6 Å². The average Bonchev–Trinajstić information content (AvgIpc) is 3.04. The maximum Gasteiger partial charge on any atom is 0.407 e. The fourth-order valence-electron chi connectivity index (χ4n) is 3.69. The summed E-state index contributed by atoms with van der Waals surface area (Å²) >= 11 is 0. The molecule has 0 saturated heterocycles. The van der Waals surface area contributed by atoms with Gasteiger partial charge in [-0.3, -0.25) is 4.79 Å². The second-order valence-corrected chi connectivity index (χ2v) is 7.63. The number of hydrogen-bond acceptors (Lipinski definition) is 4. The molecule has 0 bridgehead atoms. The van der Waals surface area contributed by atoms with Crippen LogP contribution in [0.2, 0.25) is 0 Å². The minimum Gasteiger partial charge on any atom is -0.480 e. The monoisotopic (exact) mass is 410 g/mol. The number of fused-ring (bicyclic) bond motifs is 3. The highest BCUT2D eigenvalue weighted by atomic mass is 16.5. The van der Waals surface area contributed by atoms with Crippen molar-refractivity contribution in [2.24, 2.45) is 5.92 Å². The number of amides is 2. The van der Waals surface area contributed by atoms with E-state index in [1.54, 1.807) is 13.8 Å². The third kappa shape index (κ3) is 4.79. The zero-order valence-electron chi connectivity index (χ0n) is 17.1. The first-order valence-electron chi connectivity index (χ1n) is 9.99. The van der Waals surface area contributed by atoms with E-state index in [2.05, 4.69) is 22.8 Å². The highest BCUT2D eigenvalue weighted by molar-refractivity contribution is 5.84. The third-order valence-corrected chi connectivity index (χ3v) is 5.21. The van der Waals surface area contributed by atoms with E-state index in [-0.39, 0.29) is 31.4 Å². The van der Waals surface area contributed by atoms with Gasteiger partial charge in [0.25, 0.3) is 0 Å². The zero-order chi connectivity index (χ0) is 21.7. The molecule has 1 atom stereocenters. The van der Waals surface area contributed by atoms with Gasteiger partial charge in [-0.2, -0.15) is 0 Å². The summed E-state index contributed by atoms with van der Waals surface area (Å²) in [6.07, 6.45) is -0.635. The molecule has 0 radical (unpaired) electrons. The Morgan fingerprint density at radius 1 is 1.00 bits per heavy atom. The van der Waals surface area contributed by atoms with E-state index in [0.717, 1.165) is 22.3 Å². The van der Waals surface area contributed by atoms with Crippen LogP contribution in [0.5, 0.6) is 0 Å². The zero-order valence-corrected chi connectivity index (χ0v) is 17.1. The Labute approximate surface area is 175 Å². The molecule has 0 fully saturated rings. The van der Waals surface area contributed by atoms with Crippen molar-refractivity contribution in [3.05, 3.63) is 59.7 Å². The summed E-state index contributed by atoms with van der Waals surface area (Å²) in [5.41, 5.74) is 4.55. The summed E-state index contributed by atoms with van der Waals surface area (Å²) in [5.74, 6) is -1.78. The number of ether oxygens (including phenoxy) is 1. The van der Waals surface area contributed by atoms with Gasteiger partial charge < -0.3 is 20.5 Å². The van der Waals surface area contributed by atoms with E-state index in [0.29, 0.717) is 0 Å². The fraction of sp³-hybridized carbons (Fsp3) is 0.348. The smallest absolute Gasteiger partial charge is 0.407 e. The van der Waals surface area contributed by atoms with Crippen molar-refractivity contribution in [1.82, 2.24) is 10.6 Å². The van der Waals surface area contributed by atoms with E-state index >= 15 is 0 Å². The Morgan fingerprint density at radius 2 is 1.57 bits per heavy atom. The van der Waals surface area contributed by atoms with Gasteiger partial charge in [0, 0.05) is 18.9 Å². The van der Waals surface area contributed by atoms with Crippen LogP contribution in [0.4, 0.5) is 4.79 Å².